The van der Waals surface area contributed by atoms with E-state index in [2.05, 4.69) is 90.7 Å². The van der Waals surface area contributed by atoms with Crippen LogP contribution in [0.25, 0.3) is 5.70 Å². The number of hydrogen-bond acceptors (Lipinski definition) is 3. The molecule has 3 rings (SSSR count). The highest BCUT2D eigenvalue weighted by Crippen LogP contribution is 2.42. The van der Waals surface area contributed by atoms with E-state index in [-0.39, 0.29) is 5.41 Å². The Balaban J connectivity index is 2.03. The van der Waals surface area contributed by atoms with E-state index in [1.165, 1.54) is 16.8 Å². The maximum atomic E-state index is 6.14. The van der Waals surface area contributed by atoms with E-state index in [0.717, 1.165) is 30.8 Å². The topological polar surface area (TPSA) is 32.5 Å². The molecule has 2 heterocycles. The molecule has 3 nitrogen and oxygen atoms in total. The van der Waals surface area contributed by atoms with Gasteiger partial charge in [0.1, 0.15) is 0 Å². The fourth-order valence-corrected chi connectivity index (χ4v) is 3.94. The zero-order valence-corrected chi connectivity index (χ0v) is 17.1. The van der Waals surface area contributed by atoms with Crippen molar-refractivity contribution in [1.29, 1.82) is 0 Å². The molecule has 2 aliphatic heterocycles. The van der Waals surface area contributed by atoms with Crippen LogP contribution in [0.4, 0.5) is 0 Å². The van der Waals surface area contributed by atoms with Crippen LogP contribution in [0.3, 0.4) is 0 Å². The first-order chi connectivity index (χ1) is 13.5. The van der Waals surface area contributed by atoms with E-state index in [1.54, 1.807) is 0 Å². The average molecular weight is 374 g/mol. The Bertz CT molecular complexity index is 872. The monoisotopic (exact) mass is 373 g/mol. The summed E-state index contributed by atoms with van der Waals surface area (Å²) in [6.45, 7) is 12.4. The standard InChI is InChI=1S/C25H31N3/c1-5-13-27(4)21(3)23(18-26)16-25-12-7-6-8-14-28(19-25)24(17-25)22-11-9-10-20(2)15-22/h5-11,14-17H,1,3,12-13,18-19,26H2,2,4H3/b7-6-,14-8-,23-16+. The SMILES string of the molecule is C=CCN(C)C(=C)/C(=C/C12C=C(c3cccc(C)c3)N(/C=C\C=C/C1)C2)CN. The second-order valence-corrected chi connectivity index (χ2v) is 7.72. The lowest BCUT2D eigenvalue weighted by Crippen LogP contribution is -2.27. The molecule has 3 heteroatoms. The van der Waals surface area contributed by atoms with Crippen LogP contribution in [-0.2, 0) is 0 Å². The molecule has 2 bridgehead atoms. The van der Waals surface area contributed by atoms with Gasteiger partial charge < -0.3 is 15.5 Å². The summed E-state index contributed by atoms with van der Waals surface area (Å²) in [6.07, 6.45) is 16.2. The van der Waals surface area contributed by atoms with Gasteiger partial charge in [-0.3, -0.25) is 0 Å². The lowest BCUT2D eigenvalue weighted by Gasteiger charge is -2.29. The average Bonchev–Trinajstić information content (AvgIpc) is 3.05. The predicted molar refractivity (Wildman–Crippen MR) is 120 cm³/mol. The molecular weight excluding hydrogens is 342 g/mol. The molecule has 2 aliphatic rings. The van der Waals surface area contributed by atoms with E-state index in [0.29, 0.717) is 6.54 Å². The molecule has 2 N–H and O–H groups in total. The van der Waals surface area contributed by atoms with Crippen LogP contribution in [0, 0.1) is 12.3 Å². The smallest absolute Gasteiger partial charge is 0.0449 e. The van der Waals surface area contributed by atoms with Gasteiger partial charge in [-0.05, 0) is 42.7 Å². The summed E-state index contributed by atoms with van der Waals surface area (Å²) in [5.41, 5.74) is 11.9. The Morgan fingerprint density at radius 2 is 2.18 bits per heavy atom. The number of likely N-dealkylation sites (N-methyl/N-ethyl adjacent to an activating group) is 1. The quantitative estimate of drug-likeness (QED) is 0.559. The number of rotatable bonds is 7. The molecule has 0 radical (unpaired) electrons. The predicted octanol–water partition coefficient (Wildman–Crippen LogP) is 4.63. The Hall–Kier alpha value is -2.78. The van der Waals surface area contributed by atoms with Gasteiger partial charge in [0.15, 0.2) is 0 Å². The van der Waals surface area contributed by atoms with Crippen LogP contribution in [0.2, 0.25) is 0 Å². The van der Waals surface area contributed by atoms with E-state index in [1.807, 2.05) is 13.1 Å². The number of nitrogens with zero attached hydrogens (tertiary/aromatic N) is 2. The second kappa shape index (κ2) is 8.49. The lowest BCUT2D eigenvalue weighted by atomic mass is 9.82. The van der Waals surface area contributed by atoms with E-state index >= 15 is 0 Å². The van der Waals surface area contributed by atoms with Crippen LogP contribution in [-0.4, -0.2) is 36.5 Å². The summed E-state index contributed by atoms with van der Waals surface area (Å²) in [5.74, 6) is 0. The first-order valence-corrected chi connectivity index (χ1v) is 9.81. The first kappa shape index (κ1) is 20.0. The molecule has 0 aromatic heterocycles. The van der Waals surface area contributed by atoms with Gasteiger partial charge >= 0.3 is 0 Å². The fourth-order valence-electron chi connectivity index (χ4n) is 3.94. The molecule has 28 heavy (non-hydrogen) atoms. The van der Waals surface area contributed by atoms with Crippen molar-refractivity contribution in [2.75, 3.05) is 26.7 Å². The maximum absolute atomic E-state index is 6.14. The molecule has 1 unspecified atom stereocenters. The number of benzene rings is 1. The molecule has 0 spiro atoms. The summed E-state index contributed by atoms with van der Waals surface area (Å²) >= 11 is 0. The van der Waals surface area contributed by atoms with E-state index in [4.69, 9.17) is 5.73 Å². The van der Waals surface area contributed by atoms with Crippen molar-refractivity contribution < 1.29 is 0 Å². The third-order valence-corrected chi connectivity index (χ3v) is 5.44. The zero-order valence-electron chi connectivity index (χ0n) is 17.1. The molecule has 146 valence electrons. The third kappa shape index (κ3) is 4.20. The van der Waals surface area contributed by atoms with Gasteiger partial charge in [-0.25, -0.2) is 0 Å². The minimum absolute atomic E-state index is 0.104. The second-order valence-electron chi connectivity index (χ2n) is 7.72. The van der Waals surface area contributed by atoms with Crippen molar-refractivity contribution >= 4 is 5.70 Å². The summed E-state index contributed by atoms with van der Waals surface area (Å²) in [7, 11) is 2.03. The summed E-state index contributed by atoms with van der Waals surface area (Å²) < 4.78 is 0. The number of allylic oxidation sites excluding steroid dienone is 3. The van der Waals surface area contributed by atoms with Gasteiger partial charge in [-0.2, -0.15) is 0 Å². The van der Waals surface area contributed by atoms with E-state index in [9.17, 15) is 0 Å². The van der Waals surface area contributed by atoms with Crippen molar-refractivity contribution in [2.45, 2.75) is 13.3 Å². The maximum Gasteiger partial charge on any atom is 0.0449 e. The molecule has 1 aromatic carbocycles. The Morgan fingerprint density at radius 1 is 1.36 bits per heavy atom. The van der Waals surface area contributed by atoms with Crippen LogP contribution in [0.5, 0.6) is 0 Å². The van der Waals surface area contributed by atoms with Gasteiger partial charge in [0.05, 0.1) is 0 Å². The Kier molecular flexibility index (Phi) is 6.05. The van der Waals surface area contributed by atoms with Gasteiger partial charge in [0.25, 0.3) is 0 Å². The van der Waals surface area contributed by atoms with Crippen LogP contribution in [0.1, 0.15) is 17.5 Å². The van der Waals surface area contributed by atoms with Crippen LogP contribution in [0.15, 0.2) is 91.3 Å². The molecule has 0 fully saturated rings. The molecule has 1 atom stereocenters. The molecule has 1 aromatic rings. The molecule has 0 saturated heterocycles. The van der Waals surface area contributed by atoms with Crippen molar-refractivity contribution in [3.63, 3.8) is 0 Å². The van der Waals surface area contributed by atoms with Crippen molar-refractivity contribution in [3.8, 4) is 0 Å². The highest BCUT2D eigenvalue weighted by atomic mass is 15.1. The Labute approximate surface area is 169 Å². The largest absolute Gasteiger partial charge is 0.371 e. The van der Waals surface area contributed by atoms with Crippen molar-refractivity contribution in [2.24, 2.45) is 11.1 Å². The van der Waals surface area contributed by atoms with E-state index < -0.39 is 0 Å². The first-order valence-electron chi connectivity index (χ1n) is 9.81. The van der Waals surface area contributed by atoms with Crippen molar-refractivity contribution in [1.82, 2.24) is 9.80 Å². The lowest BCUT2D eigenvalue weighted by molar-refractivity contribution is 0.401. The fraction of sp³-hybridized carbons (Fsp3) is 0.280. The minimum atomic E-state index is -0.104. The normalized spacial score (nSPS) is 23.5. The highest BCUT2D eigenvalue weighted by Gasteiger charge is 2.35. The molecule has 0 saturated carbocycles. The Morgan fingerprint density at radius 3 is 2.89 bits per heavy atom. The summed E-state index contributed by atoms with van der Waals surface area (Å²) in [4.78, 5) is 4.44. The van der Waals surface area contributed by atoms with Gasteiger partial charge in [-0.1, -0.05) is 54.6 Å². The number of hydrogen-bond donors (Lipinski definition) is 1. The zero-order chi connectivity index (χ0) is 20.1. The van der Waals surface area contributed by atoms with Crippen LogP contribution >= 0.6 is 0 Å². The molecule has 0 amide bonds. The number of aryl methyl sites for hydroxylation is 1. The molecule has 0 aliphatic carbocycles. The summed E-state index contributed by atoms with van der Waals surface area (Å²) in [6, 6.07) is 8.69. The highest BCUT2D eigenvalue weighted by molar-refractivity contribution is 5.69. The van der Waals surface area contributed by atoms with Gasteiger partial charge in [-0.15, -0.1) is 6.58 Å². The minimum Gasteiger partial charge on any atom is -0.371 e. The molecular formula is C25H31N3. The van der Waals surface area contributed by atoms with Crippen molar-refractivity contribution in [3.05, 3.63) is 102 Å². The van der Waals surface area contributed by atoms with Crippen LogP contribution < -0.4 is 5.73 Å². The summed E-state index contributed by atoms with van der Waals surface area (Å²) in [5, 5.41) is 0. The number of nitrogens with two attached hydrogens (primary N) is 1. The third-order valence-electron chi connectivity index (χ3n) is 5.44. The number of fused-ring (bicyclic) bond motifs is 2. The van der Waals surface area contributed by atoms with Gasteiger partial charge in [0.2, 0.25) is 0 Å². The van der Waals surface area contributed by atoms with Gasteiger partial charge in [0, 0.05) is 49.7 Å².